The molecule has 0 amide bonds. The minimum absolute atomic E-state index is 0.0556. The molecule has 2 atom stereocenters. The molecule has 0 saturated heterocycles. The summed E-state index contributed by atoms with van der Waals surface area (Å²) < 4.78 is 0. The molecule has 0 aliphatic carbocycles. The van der Waals surface area contributed by atoms with Gasteiger partial charge in [0.1, 0.15) is 0 Å². The van der Waals surface area contributed by atoms with Gasteiger partial charge in [0.2, 0.25) is 0 Å². The topological polar surface area (TPSA) is 40.5 Å². The van der Waals surface area contributed by atoms with Gasteiger partial charge in [-0.3, -0.25) is 0 Å². The fraction of sp³-hybridized carbons (Fsp3) is 1.00. The molecule has 2 N–H and O–H groups in total. The van der Waals surface area contributed by atoms with Crippen LogP contribution in [0.5, 0.6) is 0 Å². The maximum absolute atomic E-state index is 9.72. The zero-order chi connectivity index (χ0) is 15.1. The number of aliphatic hydroxyl groups excluding tert-OH is 2. The van der Waals surface area contributed by atoms with Gasteiger partial charge in [0.05, 0.1) is 12.2 Å². The van der Waals surface area contributed by atoms with E-state index in [-0.39, 0.29) is 12.2 Å². The highest BCUT2D eigenvalue weighted by Gasteiger charge is 2.03. The second-order valence-corrected chi connectivity index (χ2v) is 6.26. The van der Waals surface area contributed by atoms with Crippen LogP contribution in [0.4, 0.5) is 0 Å². The molecule has 0 saturated carbocycles. The van der Waals surface area contributed by atoms with Crippen LogP contribution in [0.25, 0.3) is 0 Å². The molecule has 0 rings (SSSR count). The molecule has 0 aliphatic heterocycles. The molecule has 20 heavy (non-hydrogen) atoms. The molecule has 0 fully saturated rings. The second-order valence-electron chi connectivity index (χ2n) is 6.26. The second kappa shape index (κ2) is 15.3. The molecule has 0 bridgehead atoms. The lowest BCUT2D eigenvalue weighted by atomic mass is 10.0. The standard InChI is InChI=1S/C18H38O2/c1-3-5-14-18(20)16-13-11-9-7-6-8-10-12-15-17(19)4-2/h17-20H,3-16H2,1-2H3. The number of aliphatic hydroxyl groups is 2. The van der Waals surface area contributed by atoms with E-state index in [9.17, 15) is 10.2 Å². The van der Waals surface area contributed by atoms with E-state index in [2.05, 4.69) is 6.92 Å². The predicted octanol–water partition coefficient (Wildman–Crippen LogP) is 5.21. The van der Waals surface area contributed by atoms with Crippen molar-refractivity contribution in [3.8, 4) is 0 Å². The van der Waals surface area contributed by atoms with E-state index in [1.807, 2.05) is 6.92 Å². The molecule has 2 unspecified atom stereocenters. The van der Waals surface area contributed by atoms with E-state index in [4.69, 9.17) is 0 Å². The number of hydrogen-bond donors (Lipinski definition) is 2. The molecule has 2 nitrogen and oxygen atoms in total. The van der Waals surface area contributed by atoms with Crippen molar-refractivity contribution in [2.24, 2.45) is 0 Å². The van der Waals surface area contributed by atoms with Crippen molar-refractivity contribution in [2.45, 2.75) is 116 Å². The first kappa shape index (κ1) is 19.9. The van der Waals surface area contributed by atoms with Crippen LogP contribution in [0.15, 0.2) is 0 Å². The van der Waals surface area contributed by atoms with Gasteiger partial charge < -0.3 is 10.2 Å². The van der Waals surface area contributed by atoms with Crippen molar-refractivity contribution >= 4 is 0 Å². The highest BCUT2D eigenvalue weighted by Crippen LogP contribution is 2.14. The molecule has 0 heterocycles. The van der Waals surface area contributed by atoms with Crippen molar-refractivity contribution in [2.75, 3.05) is 0 Å². The number of hydrogen-bond acceptors (Lipinski definition) is 2. The van der Waals surface area contributed by atoms with Gasteiger partial charge in [0.25, 0.3) is 0 Å². The fourth-order valence-corrected chi connectivity index (χ4v) is 2.61. The van der Waals surface area contributed by atoms with Gasteiger partial charge in [-0.1, -0.05) is 78.1 Å². The number of rotatable bonds is 15. The summed E-state index contributed by atoms with van der Waals surface area (Å²) in [5.74, 6) is 0. The minimum atomic E-state index is -0.0749. The smallest absolute Gasteiger partial charge is 0.0540 e. The van der Waals surface area contributed by atoms with Crippen LogP contribution in [-0.4, -0.2) is 22.4 Å². The van der Waals surface area contributed by atoms with Gasteiger partial charge >= 0.3 is 0 Å². The molecule has 0 aromatic heterocycles. The Balaban J connectivity index is 3.09. The highest BCUT2D eigenvalue weighted by molar-refractivity contribution is 4.57. The number of unbranched alkanes of at least 4 members (excludes halogenated alkanes) is 8. The summed E-state index contributed by atoms with van der Waals surface area (Å²) in [7, 11) is 0. The van der Waals surface area contributed by atoms with Gasteiger partial charge in [-0.05, 0) is 25.7 Å². The van der Waals surface area contributed by atoms with Crippen LogP contribution >= 0.6 is 0 Å². The van der Waals surface area contributed by atoms with Crippen molar-refractivity contribution in [3.05, 3.63) is 0 Å². The maximum atomic E-state index is 9.72. The summed E-state index contributed by atoms with van der Waals surface area (Å²) >= 11 is 0. The average Bonchev–Trinajstić information content (AvgIpc) is 2.46. The maximum Gasteiger partial charge on any atom is 0.0540 e. The van der Waals surface area contributed by atoms with Crippen LogP contribution in [0, 0.1) is 0 Å². The summed E-state index contributed by atoms with van der Waals surface area (Å²) in [6.45, 7) is 4.22. The molecule has 0 aromatic carbocycles. The van der Waals surface area contributed by atoms with E-state index >= 15 is 0 Å². The molecule has 0 radical (unpaired) electrons. The Bertz CT molecular complexity index is 182. The highest BCUT2D eigenvalue weighted by atomic mass is 16.3. The van der Waals surface area contributed by atoms with Crippen LogP contribution in [0.1, 0.15) is 104 Å². The quantitative estimate of drug-likeness (QED) is 0.406. The first-order chi connectivity index (χ1) is 9.70. The van der Waals surface area contributed by atoms with Gasteiger partial charge in [0, 0.05) is 0 Å². The van der Waals surface area contributed by atoms with Crippen LogP contribution < -0.4 is 0 Å². The Labute approximate surface area is 127 Å². The van der Waals surface area contributed by atoms with E-state index in [0.29, 0.717) is 0 Å². The predicted molar refractivity (Wildman–Crippen MR) is 88.0 cm³/mol. The summed E-state index contributed by atoms with van der Waals surface area (Å²) in [6.07, 6.45) is 16.3. The Kier molecular flexibility index (Phi) is 15.3. The van der Waals surface area contributed by atoms with E-state index in [1.54, 1.807) is 0 Å². The average molecular weight is 286 g/mol. The summed E-state index contributed by atoms with van der Waals surface area (Å²) in [4.78, 5) is 0. The third kappa shape index (κ3) is 14.3. The van der Waals surface area contributed by atoms with Crippen molar-refractivity contribution in [1.29, 1.82) is 0 Å². The van der Waals surface area contributed by atoms with Gasteiger partial charge in [-0.2, -0.15) is 0 Å². The first-order valence-corrected chi connectivity index (χ1v) is 9.06. The minimum Gasteiger partial charge on any atom is -0.393 e. The Morgan fingerprint density at radius 3 is 1.40 bits per heavy atom. The zero-order valence-corrected chi connectivity index (χ0v) is 13.9. The van der Waals surface area contributed by atoms with Gasteiger partial charge in [-0.15, -0.1) is 0 Å². The third-order valence-corrected chi connectivity index (χ3v) is 4.19. The van der Waals surface area contributed by atoms with Crippen molar-refractivity contribution < 1.29 is 10.2 Å². The van der Waals surface area contributed by atoms with Crippen molar-refractivity contribution in [1.82, 2.24) is 0 Å². The Hall–Kier alpha value is -0.0800. The Morgan fingerprint density at radius 1 is 0.550 bits per heavy atom. The molecule has 0 aliphatic rings. The lowest BCUT2D eigenvalue weighted by molar-refractivity contribution is 0.148. The molecule has 2 heteroatoms. The largest absolute Gasteiger partial charge is 0.393 e. The normalized spacial score (nSPS) is 14.4. The SMILES string of the molecule is CCCCC(O)CCCCCCCCCCC(O)CC. The van der Waals surface area contributed by atoms with Crippen molar-refractivity contribution in [3.63, 3.8) is 0 Å². The van der Waals surface area contributed by atoms with Crippen LogP contribution in [0.3, 0.4) is 0 Å². The van der Waals surface area contributed by atoms with E-state index < -0.39 is 0 Å². The summed E-state index contributed by atoms with van der Waals surface area (Å²) in [6, 6.07) is 0. The zero-order valence-electron chi connectivity index (χ0n) is 13.9. The first-order valence-electron chi connectivity index (χ1n) is 9.06. The Morgan fingerprint density at radius 2 is 0.950 bits per heavy atom. The monoisotopic (exact) mass is 286 g/mol. The van der Waals surface area contributed by atoms with E-state index in [0.717, 1.165) is 32.1 Å². The molecular weight excluding hydrogens is 248 g/mol. The lowest BCUT2D eigenvalue weighted by Crippen LogP contribution is -2.05. The fourth-order valence-electron chi connectivity index (χ4n) is 2.61. The van der Waals surface area contributed by atoms with Gasteiger partial charge in [-0.25, -0.2) is 0 Å². The molecule has 122 valence electrons. The van der Waals surface area contributed by atoms with Gasteiger partial charge in [0.15, 0.2) is 0 Å². The molecular formula is C18H38O2. The van der Waals surface area contributed by atoms with Crippen LogP contribution in [0.2, 0.25) is 0 Å². The van der Waals surface area contributed by atoms with Crippen LogP contribution in [-0.2, 0) is 0 Å². The summed E-state index contributed by atoms with van der Waals surface area (Å²) in [5, 5.41) is 19.2. The third-order valence-electron chi connectivity index (χ3n) is 4.19. The lowest BCUT2D eigenvalue weighted by Gasteiger charge is -2.09. The molecule has 0 spiro atoms. The van der Waals surface area contributed by atoms with E-state index in [1.165, 1.54) is 57.8 Å². The summed E-state index contributed by atoms with van der Waals surface area (Å²) in [5.41, 5.74) is 0. The molecule has 0 aromatic rings.